The first-order chi connectivity index (χ1) is 18.1. The Morgan fingerprint density at radius 2 is 1.81 bits per heavy atom. The van der Waals surface area contributed by atoms with Gasteiger partial charge in [0, 0.05) is 24.5 Å². The van der Waals surface area contributed by atoms with Crippen LogP contribution in [-0.4, -0.2) is 38.7 Å². The van der Waals surface area contributed by atoms with Gasteiger partial charge in [-0.1, -0.05) is 61.9 Å². The normalized spacial score (nSPS) is 20.1. The summed E-state index contributed by atoms with van der Waals surface area (Å²) >= 11 is 0. The molecule has 0 unspecified atom stereocenters. The third-order valence-electron chi connectivity index (χ3n) is 7.43. The number of nitrogens with zero attached hydrogens (tertiary/aromatic N) is 5. The van der Waals surface area contributed by atoms with Crippen molar-refractivity contribution >= 4 is 23.3 Å². The third kappa shape index (κ3) is 4.94. The standard InChI is InChI=1S/C30H33N7/c1-21-9-8-13-26(21)33-30-34-28-25(20-36(30)2)29(32-24-10-4-3-5-11-24)37(35-28)19-22-14-16-23(17-15-22)27-12-6-7-18-31-27/h3-7,10-12,14-18,21,26,32H,8-9,13,19-20H2,1-2H3,(H,33,34,35)/t21-,26+/m0/s1. The molecule has 0 amide bonds. The molecule has 188 valence electrons. The number of rotatable bonds is 6. The smallest absolute Gasteiger partial charge is 0.200 e. The Morgan fingerprint density at radius 1 is 1.00 bits per heavy atom. The van der Waals surface area contributed by atoms with Crippen molar-refractivity contribution in [3.63, 3.8) is 0 Å². The largest absolute Gasteiger partial charge is 0.341 e. The van der Waals surface area contributed by atoms with Crippen molar-refractivity contribution in [1.29, 1.82) is 0 Å². The number of anilines is 3. The van der Waals surface area contributed by atoms with Gasteiger partial charge in [0.1, 0.15) is 5.82 Å². The van der Waals surface area contributed by atoms with Crippen molar-refractivity contribution in [2.24, 2.45) is 10.9 Å². The van der Waals surface area contributed by atoms with Crippen molar-refractivity contribution < 1.29 is 0 Å². The van der Waals surface area contributed by atoms with E-state index in [9.17, 15) is 0 Å². The quantitative estimate of drug-likeness (QED) is 0.339. The Balaban J connectivity index is 1.31. The molecule has 1 fully saturated rings. The van der Waals surface area contributed by atoms with Crippen LogP contribution in [0.1, 0.15) is 37.3 Å². The molecule has 0 saturated heterocycles. The van der Waals surface area contributed by atoms with E-state index >= 15 is 0 Å². The number of aromatic nitrogens is 3. The van der Waals surface area contributed by atoms with E-state index in [-0.39, 0.29) is 0 Å². The van der Waals surface area contributed by atoms with E-state index in [4.69, 9.17) is 10.1 Å². The third-order valence-corrected chi connectivity index (χ3v) is 7.43. The Labute approximate surface area is 218 Å². The molecule has 0 spiro atoms. The minimum atomic E-state index is 0.383. The molecule has 0 bridgehead atoms. The van der Waals surface area contributed by atoms with Crippen molar-refractivity contribution in [2.45, 2.75) is 45.3 Å². The lowest BCUT2D eigenvalue weighted by atomic mass is 10.1. The zero-order valence-corrected chi connectivity index (χ0v) is 21.4. The zero-order valence-electron chi connectivity index (χ0n) is 21.4. The Morgan fingerprint density at radius 3 is 2.54 bits per heavy atom. The minimum absolute atomic E-state index is 0.383. The molecule has 1 aliphatic heterocycles. The van der Waals surface area contributed by atoms with Gasteiger partial charge >= 0.3 is 0 Å². The highest BCUT2D eigenvalue weighted by Crippen LogP contribution is 2.34. The lowest BCUT2D eigenvalue weighted by Crippen LogP contribution is -2.38. The van der Waals surface area contributed by atoms with Gasteiger partial charge in [-0.25, -0.2) is 9.67 Å². The van der Waals surface area contributed by atoms with Crippen LogP contribution in [0.3, 0.4) is 0 Å². The molecule has 2 aromatic carbocycles. The summed E-state index contributed by atoms with van der Waals surface area (Å²) in [7, 11) is 2.11. The number of fused-ring (bicyclic) bond motifs is 1. The first-order valence-corrected chi connectivity index (χ1v) is 13.1. The van der Waals surface area contributed by atoms with Crippen LogP contribution < -0.4 is 10.6 Å². The molecule has 2 aliphatic rings. The minimum Gasteiger partial charge on any atom is -0.341 e. The first kappa shape index (κ1) is 23.3. The molecule has 4 aromatic rings. The van der Waals surface area contributed by atoms with Crippen molar-refractivity contribution in [3.05, 3.63) is 90.1 Å². The van der Waals surface area contributed by atoms with E-state index in [1.54, 1.807) is 0 Å². The summed E-state index contributed by atoms with van der Waals surface area (Å²) in [5.41, 5.74) is 5.45. The first-order valence-electron chi connectivity index (χ1n) is 13.1. The monoisotopic (exact) mass is 491 g/mol. The highest BCUT2D eigenvalue weighted by molar-refractivity contribution is 5.96. The predicted octanol–water partition coefficient (Wildman–Crippen LogP) is 6.14. The van der Waals surface area contributed by atoms with Crippen LogP contribution >= 0.6 is 0 Å². The summed E-state index contributed by atoms with van der Waals surface area (Å²) in [4.78, 5) is 11.8. The van der Waals surface area contributed by atoms with Crippen LogP contribution in [-0.2, 0) is 13.1 Å². The number of para-hydroxylation sites is 1. The Bertz CT molecular complexity index is 1380. The van der Waals surface area contributed by atoms with E-state index in [2.05, 4.69) is 75.6 Å². The number of hydrogen-bond donors (Lipinski definition) is 2. The van der Waals surface area contributed by atoms with Crippen LogP contribution in [0.4, 0.5) is 17.3 Å². The van der Waals surface area contributed by atoms with Gasteiger partial charge in [0.2, 0.25) is 0 Å². The number of benzene rings is 2. The number of aliphatic imine (C=N–C) groups is 1. The number of pyridine rings is 1. The molecular formula is C30H33N7. The van der Waals surface area contributed by atoms with Gasteiger partial charge in [-0.15, -0.1) is 0 Å². The lowest BCUT2D eigenvalue weighted by Gasteiger charge is -2.28. The molecule has 37 heavy (non-hydrogen) atoms. The number of hydrogen-bond acceptors (Lipinski definition) is 4. The Hall–Kier alpha value is -4.13. The van der Waals surface area contributed by atoms with Gasteiger partial charge in [0.15, 0.2) is 11.8 Å². The van der Waals surface area contributed by atoms with Gasteiger partial charge in [-0.3, -0.25) is 4.98 Å². The van der Waals surface area contributed by atoms with Gasteiger partial charge in [-0.05, 0) is 48.6 Å². The maximum Gasteiger partial charge on any atom is 0.200 e. The fraction of sp³-hybridized carbons (Fsp3) is 0.300. The highest BCUT2D eigenvalue weighted by Gasteiger charge is 2.29. The average Bonchev–Trinajstić information content (AvgIpc) is 3.48. The van der Waals surface area contributed by atoms with E-state index in [1.165, 1.54) is 18.4 Å². The lowest BCUT2D eigenvalue weighted by molar-refractivity contribution is 0.469. The van der Waals surface area contributed by atoms with Crippen molar-refractivity contribution in [1.82, 2.24) is 19.7 Å². The van der Waals surface area contributed by atoms with E-state index in [0.29, 0.717) is 18.5 Å². The summed E-state index contributed by atoms with van der Waals surface area (Å²) in [6.45, 7) is 3.71. The van der Waals surface area contributed by atoms with Gasteiger partial charge in [0.25, 0.3) is 0 Å². The molecule has 1 aliphatic carbocycles. The zero-order chi connectivity index (χ0) is 25.2. The number of nitrogens with one attached hydrogen (secondary N) is 2. The molecule has 2 aromatic heterocycles. The summed E-state index contributed by atoms with van der Waals surface area (Å²) in [5.74, 6) is 3.43. The molecule has 7 nitrogen and oxygen atoms in total. The van der Waals surface area contributed by atoms with Crippen LogP contribution in [0, 0.1) is 5.92 Å². The highest BCUT2D eigenvalue weighted by atomic mass is 15.4. The number of guanidine groups is 1. The summed E-state index contributed by atoms with van der Waals surface area (Å²) in [6.07, 6.45) is 5.51. The maximum absolute atomic E-state index is 5.10. The molecule has 2 N–H and O–H groups in total. The molecule has 3 heterocycles. The van der Waals surface area contributed by atoms with Crippen LogP contribution in [0.2, 0.25) is 0 Å². The van der Waals surface area contributed by atoms with Crippen molar-refractivity contribution in [3.8, 4) is 11.3 Å². The predicted molar refractivity (Wildman–Crippen MR) is 150 cm³/mol. The van der Waals surface area contributed by atoms with E-state index < -0.39 is 0 Å². The second-order valence-electron chi connectivity index (χ2n) is 10.1. The molecule has 2 atom stereocenters. The van der Waals surface area contributed by atoms with E-state index in [1.807, 2.05) is 42.6 Å². The molecule has 6 rings (SSSR count). The topological polar surface area (TPSA) is 70.4 Å². The van der Waals surface area contributed by atoms with Crippen LogP contribution in [0.25, 0.3) is 11.3 Å². The van der Waals surface area contributed by atoms with Crippen LogP contribution in [0.15, 0.2) is 84.0 Å². The molecular weight excluding hydrogens is 458 g/mol. The second kappa shape index (κ2) is 10.1. The Kier molecular flexibility index (Phi) is 6.35. The summed E-state index contributed by atoms with van der Waals surface area (Å²) < 4.78 is 2.06. The fourth-order valence-corrected chi connectivity index (χ4v) is 5.27. The maximum atomic E-state index is 5.10. The summed E-state index contributed by atoms with van der Waals surface area (Å²) in [5, 5.41) is 12.2. The summed E-state index contributed by atoms with van der Waals surface area (Å²) in [6, 6.07) is 25.2. The molecule has 1 saturated carbocycles. The fourth-order valence-electron chi connectivity index (χ4n) is 5.27. The van der Waals surface area contributed by atoms with Gasteiger partial charge in [-0.2, -0.15) is 5.10 Å². The molecule has 7 heteroatoms. The van der Waals surface area contributed by atoms with E-state index in [0.717, 1.165) is 53.1 Å². The SMILES string of the molecule is C[C@H]1CCC[C@H]1N=C1Nc2nn(Cc3ccc(-c4ccccn4)cc3)c(Nc3ccccc3)c2CN1C. The average molecular weight is 492 g/mol. The molecule has 0 radical (unpaired) electrons. The van der Waals surface area contributed by atoms with Gasteiger partial charge < -0.3 is 15.5 Å². The van der Waals surface area contributed by atoms with Crippen molar-refractivity contribution in [2.75, 3.05) is 17.7 Å². The van der Waals surface area contributed by atoms with Crippen LogP contribution in [0.5, 0.6) is 0 Å². The second-order valence-corrected chi connectivity index (χ2v) is 10.1. The van der Waals surface area contributed by atoms with Gasteiger partial charge in [0.05, 0.1) is 30.4 Å².